The molecule has 1 fully saturated rings. The van der Waals surface area contributed by atoms with Crippen LogP contribution in [0.5, 0.6) is 0 Å². The zero-order chi connectivity index (χ0) is 14.5. The average molecular weight is 278 g/mol. The lowest BCUT2D eigenvalue weighted by molar-refractivity contribution is -0.0153. The van der Waals surface area contributed by atoms with Crippen molar-refractivity contribution in [3.8, 4) is 0 Å². The van der Waals surface area contributed by atoms with Gasteiger partial charge >= 0.3 is 6.03 Å². The summed E-state index contributed by atoms with van der Waals surface area (Å²) in [4.78, 5) is 17.8. The molecule has 6 nitrogen and oxygen atoms in total. The van der Waals surface area contributed by atoms with Crippen molar-refractivity contribution in [2.24, 2.45) is 12.0 Å². The van der Waals surface area contributed by atoms with Crippen molar-refractivity contribution >= 4 is 12.2 Å². The second-order valence-corrected chi connectivity index (χ2v) is 5.18. The Labute approximate surface area is 119 Å². The van der Waals surface area contributed by atoms with Gasteiger partial charge in [0.25, 0.3) is 0 Å². The first-order valence-electron chi connectivity index (χ1n) is 7.01. The Morgan fingerprint density at radius 3 is 3.15 bits per heavy atom. The Hall–Kier alpha value is -1.69. The molecule has 110 valence electrons. The molecular weight excluding hydrogens is 256 g/mol. The molecule has 1 aromatic rings. The number of nitrogens with zero attached hydrogens (tertiary/aromatic N) is 4. The highest BCUT2D eigenvalue weighted by Gasteiger charge is 2.26. The van der Waals surface area contributed by atoms with Crippen molar-refractivity contribution < 1.29 is 9.53 Å². The molecule has 2 amide bonds. The SMILES string of the molecule is CC[C@H]1C[C@@H](N(C)C(=O)N=Cc2cnn(C)c2)CCO1. The number of ether oxygens (including phenoxy) is 1. The summed E-state index contributed by atoms with van der Waals surface area (Å²) in [6.07, 6.45) is 8.06. The molecule has 2 heterocycles. The first kappa shape index (κ1) is 14.7. The van der Waals surface area contributed by atoms with E-state index in [2.05, 4.69) is 17.0 Å². The molecule has 1 aliphatic rings. The van der Waals surface area contributed by atoms with E-state index < -0.39 is 0 Å². The molecule has 6 heteroatoms. The zero-order valence-corrected chi connectivity index (χ0v) is 12.3. The van der Waals surface area contributed by atoms with Crippen molar-refractivity contribution in [1.82, 2.24) is 14.7 Å². The highest BCUT2D eigenvalue weighted by atomic mass is 16.5. The molecule has 0 saturated carbocycles. The van der Waals surface area contributed by atoms with Gasteiger partial charge in [0.2, 0.25) is 0 Å². The van der Waals surface area contributed by atoms with Crippen LogP contribution < -0.4 is 0 Å². The second-order valence-electron chi connectivity index (χ2n) is 5.18. The number of hydrogen-bond acceptors (Lipinski definition) is 3. The van der Waals surface area contributed by atoms with Crippen molar-refractivity contribution in [2.45, 2.75) is 38.3 Å². The third-order valence-corrected chi connectivity index (χ3v) is 3.69. The van der Waals surface area contributed by atoms with Crippen LogP contribution in [0.1, 0.15) is 31.7 Å². The van der Waals surface area contributed by atoms with Gasteiger partial charge in [0.15, 0.2) is 0 Å². The lowest BCUT2D eigenvalue weighted by Crippen LogP contribution is -2.42. The molecule has 0 spiro atoms. The van der Waals surface area contributed by atoms with E-state index in [1.165, 1.54) is 0 Å². The van der Waals surface area contributed by atoms with Gasteiger partial charge in [-0.1, -0.05) is 6.92 Å². The molecule has 20 heavy (non-hydrogen) atoms. The Kier molecular flexibility index (Phi) is 4.89. The van der Waals surface area contributed by atoms with Crippen LogP contribution >= 0.6 is 0 Å². The summed E-state index contributed by atoms with van der Waals surface area (Å²) in [6, 6.07) is 0.00264. The molecule has 1 aliphatic heterocycles. The smallest absolute Gasteiger partial charge is 0.343 e. The second kappa shape index (κ2) is 6.65. The van der Waals surface area contributed by atoms with Crippen LogP contribution in [0.3, 0.4) is 0 Å². The lowest BCUT2D eigenvalue weighted by atomic mass is 10.0. The molecule has 0 aromatic carbocycles. The molecule has 0 aliphatic carbocycles. The predicted molar refractivity (Wildman–Crippen MR) is 77.0 cm³/mol. The normalized spacial score (nSPS) is 23.1. The summed E-state index contributed by atoms with van der Waals surface area (Å²) < 4.78 is 7.31. The Morgan fingerprint density at radius 1 is 1.70 bits per heavy atom. The Bertz CT molecular complexity index is 483. The van der Waals surface area contributed by atoms with Gasteiger partial charge in [-0.25, -0.2) is 9.79 Å². The van der Waals surface area contributed by atoms with Crippen LogP contribution in [-0.4, -0.2) is 52.7 Å². The molecule has 2 atom stereocenters. The molecule has 0 unspecified atom stereocenters. The monoisotopic (exact) mass is 278 g/mol. The predicted octanol–water partition coefficient (Wildman–Crippen LogP) is 1.85. The van der Waals surface area contributed by atoms with Gasteiger partial charge in [-0.2, -0.15) is 5.10 Å². The maximum atomic E-state index is 12.1. The maximum Gasteiger partial charge on any atom is 0.343 e. The zero-order valence-electron chi connectivity index (χ0n) is 12.3. The molecular formula is C14H22N4O2. The fourth-order valence-electron chi connectivity index (χ4n) is 2.38. The van der Waals surface area contributed by atoms with E-state index in [0.29, 0.717) is 6.61 Å². The highest BCUT2D eigenvalue weighted by Crippen LogP contribution is 2.20. The summed E-state index contributed by atoms with van der Waals surface area (Å²) in [5, 5.41) is 4.03. The van der Waals surface area contributed by atoms with E-state index in [9.17, 15) is 4.79 Å². The Balaban J connectivity index is 1.92. The van der Waals surface area contributed by atoms with Crippen LogP contribution in [0.4, 0.5) is 4.79 Å². The van der Waals surface area contributed by atoms with Gasteiger partial charge < -0.3 is 9.64 Å². The van der Waals surface area contributed by atoms with Gasteiger partial charge in [-0.3, -0.25) is 4.68 Å². The van der Waals surface area contributed by atoms with Gasteiger partial charge in [-0.15, -0.1) is 0 Å². The molecule has 0 bridgehead atoms. The first-order chi connectivity index (χ1) is 9.60. The van der Waals surface area contributed by atoms with E-state index in [-0.39, 0.29) is 18.2 Å². The van der Waals surface area contributed by atoms with Gasteiger partial charge in [0.05, 0.1) is 12.3 Å². The molecule has 2 rings (SSSR count). The number of aryl methyl sites for hydroxylation is 1. The van der Waals surface area contributed by atoms with Crippen LogP contribution in [-0.2, 0) is 11.8 Å². The number of hydrogen-bond donors (Lipinski definition) is 0. The van der Waals surface area contributed by atoms with Gasteiger partial charge in [0.1, 0.15) is 0 Å². The van der Waals surface area contributed by atoms with E-state index in [1.54, 1.807) is 22.0 Å². The number of carbonyl (C=O) groups excluding carboxylic acids is 1. The topological polar surface area (TPSA) is 59.7 Å². The van der Waals surface area contributed by atoms with E-state index in [0.717, 1.165) is 24.8 Å². The van der Waals surface area contributed by atoms with Crippen molar-refractivity contribution in [2.75, 3.05) is 13.7 Å². The van der Waals surface area contributed by atoms with Gasteiger partial charge in [-0.05, 0) is 19.3 Å². The van der Waals surface area contributed by atoms with Crippen LogP contribution in [0.2, 0.25) is 0 Å². The third kappa shape index (κ3) is 3.66. The number of aromatic nitrogens is 2. The van der Waals surface area contributed by atoms with Crippen LogP contribution in [0, 0.1) is 0 Å². The number of amides is 2. The minimum Gasteiger partial charge on any atom is -0.378 e. The average Bonchev–Trinajstić information content (AvgIpc) is 2.89. The lowest BCUT2D eigenvalue weighted by Gasteiger charge is -2.34. The summed E-state index contributed by atoms with van der Waals surface area (Å²) in [5.41, 5.74) is 0.827. The summed E-state index contributed by atoms with van der Waals surface area (Å²) >= 11 is 0. The number of urea groups is 1. The number of carbonyl (C=O) groups is 1. The maximum absolute atomic E-state index is 12.1. The van der Waals surface area contributed by atoms with Crippen molar-refractivity contribution in [1.29, 1.82) is 0 Å². The minimum absolute atomic E-state index is 0.212. The summed E-state index contributed by atoms with van der Waals surface area (Å²) in [6.45, 7) is 2.82. The number of rotatable bonds is 3. The van der Waals surface area contributed by atoms with E-state index in [1.807, 2.05) is 20.3 Å². The van der Waals surface area contributed by atoms with Crippen LogP contribution in [0.15, 0.2) is 17.4 Å². The number of aliphatic imine (C=N–C) groups is 1. The molecule has 1 saturated heterocycles. The quantitative estimate of drug-likeness (QED) is 0.793. The Morgan fingerprint density at radius 2 is 2.50 bits per heavy atom. The fourth-order valence-corrected chi connectivity index (χ4v) is 2.38. The standard InChI is InChI=1S/C14H22N4O2/c1-4-13-7-12(5-6-20-13)18(3)14(19)15-8-11-9-16-17(2)10-11/h8-10,12-13H,4-7H2,1-3H3/t12-,13-/m0/s1. The van der Waals surface area contributed by atoms with Gasteiger partial charge in [0, 0.05) is 44.7 Å². The van der Waals surface area contributed by atoms with E-state index >= 15 is 0 Å². The first-order valence-corrected chi connectivity index (χ1v) is 7.01. The summed E-state index contributed by atoms with van der Waals surface area (Å²) in [5.74, 6) is 0. The van der Waals surface area contributed by atoms with Crippen molar-refractivity contribution in [3.05, 3.63) is 18.0 Å². The third-order valence-electron chi connectivity index (χ3n) is 3.69. The summed E-state index contributed by atoms with van der Waals surface area (Å²) in [7, 11) is 3.64. The van der Waals surface area contributed by atoms with Crippen LogP contribution in [0.25, 0.3) is 0 Å². The molecule has 0 N–H and O–H groups in total. The molecule has 0 radical (unpaired) electrons. The highest BCUT2D eigenvalue weighted by molar-refractivity contribution is 5.90. The molecule has 1 aromatic heterocycles. The van der Waals surface area contributed by atoms with Crippen molar-refractivity contribution in [3.63, 3.8) is 0 Å². The largest absolute Gasteiger partial charge is 0.378 e. The fraction of sp³-hybridized carbons (Fsp3) is 0.643. The minimum atomic E-state index is -0.212. The van der Waals surface area contributed by atoms with E-state index in [4.69, 9.17) is 4.74 Å².